The number of carbonyl (C=O) groups is 1. The molecule has 6 heteroatoms. The maximum absolute atomic E-state index is 12.1. The van der Waals surface area contributed by atoms with Crippen LogP contribution in [0.1, 0.15) is 40.0 Å². The van der Waals surface area contributed by atoms with Crippen molar-refractivity contribution in [2.45, 2.75) is 32.7 Å². The second-order valence-corrected chi connectivity index (χ2v) is 7.35. The van der Waals surface area contributed by atoms with Gasteiger partial charge in [0.2, 0.25) is 11.8 Å². The van der Waals surface area contributed by atoms with Crippen LogP contribution >= 0.6 is 11.3 Å². The molecule has 0 unspecified atom stereocenters. The van der Waals surface area contributed by atoms with Gasteiger partial charge in [-0.1, -0.05) is 23.4 Å². The minimum atomic E-state index is -0.216. The third-order valence-corrected chi connectivity index (χ3v) is 5.21. The Morgan fingerprint density at radius 1 is 1.33 bits per heavy atom. The quantitative estimate of drug-likeness (QED) is 0.730. The first-order valence-corrected chi connectivity index (χ1v) is 8.69. The molecule has 24 heavy (non-hydrogen) atoms. The van der Waals surface area contributed by atoms with Crippen molar-refractivity contribution in [3.63, 3.8) is 0 Å². The molecule has 0 spiro atoms. The second kappa shape index (κ2) is 5.87. The van der Waals surface area contributed by atoms with Crippen LogP contribution in [0.4, 0.5) is 5.69 Å². The molecule has 0 radical (unpaired) electrons. The van der Waals surface area contributed by atoms with Gasteiger partial charge < -0.3 is 4.52 Å². The summed E-state index contributed by atoms with van der Waals surface area (Å²) in [5.41, 5.74) is 2.06. The van der Waals surface area contributed by atoms with Gasteiger partial charge in [-0.2, -0.15) is 4.98 Å². The number of thiophene rings is 1. The first-order valence-electron chi connectivity index (χ1n) is 7.87. The molecule has 3 aromatic rings. The predicted octanol–water partition coefficient (Wildman–Crippen LogP) is 3.68. The molecule has 0 N–H and O–H groups in total. The lowest BCUT2D eigenvalue weighted by molar-refractivity contribution is -0.117. The van der Waals surface area contributed by atoms with Crippen LogP contribution in [0.15, 0.2) is 40.9 Å². The fraction of sp³-hybridized carbons (Fsp3) is 0.278. The Morgan fingerprint density at radius 3 is 2.92 bits per heavy atom. The van der Waals surface area contributed by atoms with Gasteiger partial charge in [0.1, 0.15) is 6.04 Å². The zero-order chi connectivity index (χ0) is 16.7. The maximum atomic E-state index is 12.1. The van der Waals surface area contributed by atoms with E-state index in [9.17, 15) is 4.79 Å². The molecule has 1 amide bonds. The normalized spacial score (nSPS) is 16.4. The molecule has 0 fully saturated rings. The molecule has 1 atom stereocenters. The highest BCUT2D eigenvalue weighted by Crippen LogP contribution is 2.39. The van der Waals surface area contributed by atoms with Crippen molar-refractivity contribution in [2.24, 2.45) is 0 Å². The average molecular weight is 339 g/mol. The highest BCUT2D eigenvalue weighted by atomic mass is 32.1. The average Bonchev–Trinajstić information content (AvgIpc) is 3.25. The molecule has 5 nitrogen and oxygen atoms in total. The molecular formula is C18H17N3O2S. The van der Waals surface area contributed by atoms with Crippen LogP contribution in [-0.4, -0.2) is 16.0 Å². The fourth-order valence-electron chi connectivity index (χ4n) is 3.18. The Bertz CT molecular complexity index is 899. The summed E-state index contributed by atoms with van der Waals surface area (Å²) < 4.78 is 5.49. The molecule has 2 aromatic heterocycles. The van der Waals surface area contributed by atoms with Gasteiger partial charge in [0.25, 0.3) is 0 Å². The first kappa shape index (κ1) is 15.1. The number of hydrogen-bond acceptors (Lipinski definition) is 5. The number of fused-ring (bicyclic) bond motifs is 1. The summed E-state index contributed by atoms with van der Waals surface area (Å²) in [6, 6.07) is 11.9. The van der Waals surface area contributed by atoms with Crippen molar-refractivity contribution in [1.82, 2.24) is 10.1 Å². The number of nitrogens with zero attached hydrogens (tertiary/aromatic N) is 3. The molecule has 122 valence electrons. The number of hydrogen-bond donors (Lipinski definition) is 0. The van der Waals surface area contributed by atoms with Gasteiger partial charge in [-0.05, 0) is 30.7 Å². The Hall–Kier alpha value is -2.47. The lowest BCUT2D eigenvalue weighted by atomic mass is 10.1. The summed E-state index contributed by atoms with van der Waals surface area (Å²) >= 11 is 1.73. The largest absolute Gasteiger partial charge is 0.337 e. The lowest BCUT2D eigenvalue weighted by Crippen LogP contribution is -2.30. The van der Waals surface area contributed by atoms with Gasteiger partial charge in [0.05, 0.1) is 0 Å². The van der Waals surface area contributed by atoms with E-state index in [1.807, 2.05) is 24.3 Å². The van der Waals surface area contributed by atoms with Crippen LogP contribution in [0.5, 0.6) is 0 Å². The lowest BCUT2D eigenvalue weighted by Gasteiger charge is -2.21. The van der Waals surface area contributed by atoms with Crippen molar-refractivity contribution in [3.8, 4) is 0 Å². The van der Waals surface area contributed by atoms with Crippen molar-refractivity contribution in [3.05, 3.63) is 63.4 Å². The van der Waals surface area contributed by atoms with E-state index >= 15 is 0 Å². The van der Waals surface area contributed by atoms with Gasteiger partial charge >= 0.3 is 0 Å². The molecule has 3 heterocycles. The Kier molecular flexibility index (Phi) is 3.69. The third-order valence-electron chi connectivity index (χ3n) is 4.21. The molecule has 0 saturated carbocycles. The molecule has 0 bridgehead atoms. The van der Waals surface area contributed by atoms with Gasteiger partial charge in [0.15, 0.2) is 5.82 Å². The van der Waals surface area contributed by atoms with Crippen molar-refractivity contribution in [2.75, 3.05) is 4.90 Å². The summed E-state index contributed by atoms with van der Waals surface area (Å²) in [4.78, 5) is 20.9. The second-order valence-electron chi connectivity index (χ2n) is 5.98. The SMILES string of the molecule is CC(=O)N1c2ccccc2C[C@H]1c1nc(Cc2ccc(C)s2)no1. The Morgan fingerprint density at radius 2 is 2.17 bits per heavy atom. The van der Waals surface area contributed by atoms with E-state index in [0.29, 0.717) is 24.6 Å². The number of amides is 1. The Labute approximate surface area is 143 Å². The minimum Gasteiger partial charge on any atom is -0.337 e. The summed E-state index contributed by atoms with van der Waals surface area (Å²) in [6.07, 6.45) is 1.36. The smallest absolute Gasteiger partial charge is 0.250 e. The van der Waals surface area contributed by atoms with Crippen molar-refractivity contribution < 1.29 is 9.32 Å². The summed E-state index contributed by atoms with van der Waals surface area (Å²) in [5, 5.41) is 4.10. The number of aryl methyl sites for hydroxylation is 1. The molecule has 4 rings (SSSR count). The van der Waals surface area contributed by atoms with E-state index in [0.717, 1.165) is 11.3 Å². The summed E-state index contributed by atoms with van der Waals surface area (Å²) in [6.45, 7) is 3.65. The molecule has 1 aliphatic heterocycles. The molecule has 1 aliphatic rings. The highest BCUT2D eigenvalue weighted by Gasteiger charge is 2.36. The van der Waals surface area contributed by atoms with E-state index in [2.05, 4.69) is 29.2 Å². The number of aromatic nitrogens is 2. The predicted molar refractivity (Wildman–Crippen MR) is 92.2 cm³/mol. The van der Waals surface area contributed by atoms with Crippen LogP contribution in [0.25, 0.3) is 0 Å². The maximum Gasteiger partial charge on any atom is 0.250 e. The molecule has 0 aliphatic carbocycles. The number of anilines is 1. The number of rotatable bonds is 3. The van der Waals surface area contributed by atoms with Crippen LogP contribution in [0.2, 0.25) is 0 Å². The third kappa shape index (κ3) is 2.63. The van der Waals surface area contributed by atoms with Crippen LogP contribution in [0, 0.1) is 6.92 Å². The van der Waals surface area contributed by atoms with E-state index in [1.165, 1.54) is 9.75 Å². The highest BCUT2D eigenvalue weighted by molar-refractivity contribution is 7.11. The number of carbonyl (C=O) groups excluding carboxylic acids is 1. The van der Waals surface area contributed by atoms with Crippen LogP contribution in [0.3, 0.4) is 0 Å². The monoisotopic (exact) mass is 339 g/mol. The summed E-state index contributed by atoms with van der Waals surface area (Å²) in [5.74, 6) is 1.15. The number of benzene rings is 1. The standard InChI is InChI=1S/C18H17N3O2S/c1-11-7-8-14(24-11)10-17-19-18(23-20-17)16-9-13-5-3-4-6-15(13)21(16)12(2)22/h3-8,16H,9-10H2,1-2H3/t16-/m0/s1. The summed E-state index contributed by atoms with van der Waals surface area (Å²) in [7, 11) is 0. The minimum absolute atomic E-state index is 0.0152. The molecule has 0 saturated heterocycles. The van der Waals surface area contributed by atoms with Crippen molar-refractivity contribution >= 4 is 22.9 Å². The topological polar surface area (TPSA) is 59.2 Å². The van der Waals surface area contributed by atoms with Crippen molar-refractivity contribution in [1.29, 1.82) is 0 Å². The van der Waals surface area contributed by atoms with E-state index in [4.69, 9.17) is 4.52 Å². The zero-order valence-electron chi connectivity index (χ0n) is 13.5. The van der Waals surface area contributed by atoms with Gasteiger partial charge in [-0.15, -0.1) is 11.3 Å². The Balaban J connectivity index is 1.61. The van der Waals surface area contributed by atoms with E-state index in [1.54, 1.807) is 23.2 Å². The molecule has 1 aromatic carbocycles. The number of para-hydroxylation sites is 1. The van der Waals surface area contributed by atoms with E-state index < -0.39 is 0 Å². The first-order chi connectivity index (χ1) is 11.6. The molecular weight excluding hydrogens is 322 g/mol. The van der Waals surface area contributed by atoms with Crippen LogP contribution < -0.4 is 4.90 Å². The zero-order valence-corrected chi connectivity index (χ0v) is 14.3. The van der Waals surface area contributed by atoms with Gasteiger partial charge in [0, 0.05) is 35.2 Å². The van der Waals surface area contributed by atoms with Crippen LogP contribution in [-0.2, 0) is 17.6 Å². The van der Waals surface area contributed by atoms with Gasteiger partial charge in [-0.25, -0.2) is 0 Å². The fourth-order valence-corrected chi connectivity index (χ4v) is 4.07. The van der Waals surface area contributed by atoms with E-state index in [-0.39, 0.29) is 11.9 Å². The van der Waals surface area contributed by atoms with Gasteiger partial charge in [-0.3, -0.25) is 9.69 Å².